The highest BCUT2D eigenvalue weighted by Gasteiger charge is 2.36. The number of carbonyl (C=O) groups excluding carboxylic acids is 3. The van der Waals surface area contributed by atoms with Crippen LogP contribution in [0.15, 0.2) is 81.4 Å². The van der Waals surface area contributed by atoms with Crippen molar-refractivity contribution in [2.24, 2.45) is 0 Å². The largest absolute Gasteiger partial charge is 0.325 e. The topological polar surface area (TPSA) is 110 Å². The highest BCUT2D eigenvalue weighted by molar-refractivity contribution is 8.18. The molecule has 1 aliphatic rings. The van der Waals surface area contributed by atoms with Gasteiger partial charge in [-0.1, -0.05) is 29.4 Å². The second-order valence-electron chi connectivity index (χ2n) is 7.36. The summed E-state index contributed by atoms with van der Waals surface area (Å²) in [4.78, 5) is 50.5. The van der Waals surface area contributed by atoms with Gasteiger partial charge in [-0.15, -0.1) is 0 Å². The zero-order valence-electron chi connectivity index (χ0n) is 18.1. The monoisotopic (exact) mass is 543 g/mol. The zero-order chi connectivity index (χ0) is 25.8. The van der Waals surface area contributed by atoms with E-state index in [1.807, 2.05) is 0 Å². The van der Waals surface area contributed by atoms with Crippen molar-refractivity contribution in [2.75, 3.05) is 11.9 Å². The SMILES string of the molecule is O=C(CN1C(=O)S/C(=C\c2ccc(Sc3ccc(Cl)cc3)c([N+](=O)[O-])c2)C1=O)Nc1ccc(F)cc1. The minimum atomic E-state index is -0.693. The smallest absolute Gasteiger partial charge is 0.294 e. The predicted molar refractivity (Wildman–Crippen MR) is 136 cm³/mol. The highest BCUT2D eigenvalue weighted by Crippen LogP contribution is 2.37. The molecule has 0 aliphatic carbocycles. The van der Waals surface area contributed by atoms with E-state index >= 15 is 0 Å². The number of nitrogens with one attached hydrogen (secondary N) is 1. The van der Waals surface area contributed by atoms with Gasteiger partial charge >= 0.3 is 0 Å². The third-order valence-electron chi connectivity index (χ3n) is 4.82. The summed E-state index contributed by atoms with van der Waals surface area (Å²) in [7, 11) is 0. The van der Waals surface area contributed by atoms with Crippen molar-refractivity contribution in [1.29, 1.82) is 0 Å². The van der Waals surface area contributed by atoms with E-state index < -0.39 is 34.3 Å². The molecule has 1 saturated heterocycles. The fourth-order valence-electron chi connectivity index (χ4n) is 3.15. The molecule has 0 atom stereocenters. The molecule has 12 heteroatoms. The van der Waals surface area contributed by atoms with Gasteiger partial charge in [-0.3, -0.25) is 29.4 Å². The van der Waals surface area contributed by atoms with Gasteiger partial charge in [0.2, 0.25) is 5.91 Å². The van der Waals surface area contributed by atoms with Crippen LogP contribution in [0, 0.1) is 15.9 Å². The van der Waals surface area contributed by atoms with Crippen LogP contribution >= 0.6 is 35.1 Å². The van der Waals surface area contributed by atoms with Gasteiger partial charge < -0.3 is 5.32 Å². The van der Waals surface area contributed by atoms with Crippen LogP contribution < -0.4 is 5.32 Å². The quantitative estimate of drug-likeness (QED) is 0.214. The maximum absolute atomic E-state index is 13.0. The first kappa shape index (κ1) is 25.4. The predicted octanol–water partition coefficient (Wildman–Crippen LogP) is 6.21. The van der Waals surface area contributed by atoms with Gasteiger partial charge in [0.1, 0.15) is 12.4 Å². The number of halogens is 2. The molecule has 36 heavy (non-hydrogen) atoms. The second-order valence-corrected chi connectivity index (χ2v) is 9.91. The summed E-state index contributed by atoms with van der Waals surface area (Å²) in [5, 5.41) is 14.0. The normalized spacial score (nSPS) is 14.4. The first-order chi connectivity index (χ1) is 17.2. The van der Waals surface area contributed by atoms with Gasteiger partial charge in [0, 0.05) is 21.7 Å². The number of imide groups is 1. The molecule has 0 aromatic heterocycles. The van der Waals surface area contributed by atoms with Gasteiger partial charge in [0.25, 0.3) is 16.8 Å². The Kier molecular flexibility index (Phi) is 7.73. The van der Waals surface area contributed by atoms with Crippen molar-refractivity contribution >= 4 is 69.6 Å². The number of benzene rings is 3. The fraction of sp³-hybridized carbons (Fsp3) is 0.0417. The Labute approximate surface area is 217 Å². The van der Waals surface area contributed by atoms with Crippen LogP contribution in [-0.4, -0.2) is 33.4 Å². The molecule has 0 radical (unpaired) electrons. The van der Waals surface area contributed by atoms with Crippen LogP contribution in [0.3, 0.4) is 0 Å². The number of nitrogens with zero attached hydrogens (tertiary/aromatic N) is 2. The lowest BCUT2D eigenvalue weighted by Gasteiger charge is -2.12. The number of carbonyl (C=O) groups is 3. The van der Waals surface area contributed by atoms with E-state index in [1.165, 1.54) is 36.0 Å². The lowest BCUT2D eigenvalue weighted by molar-refractivity contribution is -0.387. The zero-order valence-corrected chi connectivity index (χ0v) is 20.5. The Morgan fingerprint density at radius 3 is 2.47 bits per heavy atom. The lowest BCUT2D eigenvalue weighted by atomic mass is 10.2. The van der Waals surface area contributed by atoms with Crippen LogP contribution in [0.4, 0.5) is 20.6 Å². The van der Waals surface area contributed by atoms with E-state index in [9.17, 15) is 28.9 Å². The average molecular weight is 544 g/mol. The summed E-state index contributed by atoms with van der Waals surface area (Å²) in [5.41, 5.74) is 0.498. The number of amides is 3. The van der Waals surface area contributed by atoms with Gasteiger partial charge in [0.15, 0.2) is 0 Å². The van der Waals surface area contributed by atoms with Crippen molar-refractivity contribution in [3.63, 3.8) is 0 Å². The van der Waals surface area contributed by atoms with Gasteiger partial charge in [-0.05, 0) is 78.0 Å². The molecule has 1 fully saturated rings. The molecule has 4 rings (SSSR count). The molecule has 1 N–H and O–H groups in total. The summed E-state index contributed by atoms with van der Waals surface area (Å²) < 4.78 is 13.0. The van der Waals surface area contributed by atoms with Crippen molar-refractivity contribution in [3.8, 4) is 0 Å². The van der Waals surface area contributed by atoms with E-state index in [4.69, 9.17) is 11.6 Å². The van der Waals surface area contributed by atoms with E-state index in [1.54, 1.807) is 36.4 Å². The molecule has 0 saturated carbocycles. The maximum atomic E-state index is 13.0. The summed E-state index contributed by atoms with van der Waals surface area (Å²) in [5.74, 6) is -1.80. The van der Waals surface area contributed by atoms with Crippen LogP contribution in [0.5, 0.6) is 0 Å². The van der Waals surface area contributed by atoms with E-state index in [0.29, 0.717) is 32.9 Å². The van der Waals surface area contributed by atoms with Gasteiger partial charge in [-0.25, -0.2) is 4.39 Å². The number of thioether (sulfide) groups is 1. The summed E-state index contributed by atoms with van der Waals surface area (Å²) >= 11 is 7.71. The molecular weight excluding hydrogens is 529 g/mol. The van der Waals surface area contributed by atoms with E-state index in [2.05, 4.69) is 5.32 Å². The molecule has 3 amide bonds. The number of hydrogen-bond donors (Lipinski definition) is 1. The third kappa shape index (κ3) is 6.11. The lowest BCUT2D eigenvalue weighted by Crippen LogP contribution is -2.36. The average Bonchev–Trinajstić information content (AvgIpc) is 3.10. The van der Waals surface area contributed by atoms with Gasteiger partial charge in [0.05, 0.1) is 14.7 Å². The van der Waals surface area contributed by atoms with Crippen molar-refractivity contribution in [2.45, 2.75) is 9.79 Å². The summed E-state index contributed by atoms with van der Waals surface area (Å²) in [6, 6.07) is 16.3. The molecular formula is C24H15ClFN3O5S2. The molecule has 182 valence electrons. The van der Waals surface area contributed by atoms with Crippen LogP contribution in [0.25, 0.3) is 6.08 Å². The molecule has 0 bridgehead atoms. The summed E-state index contributed by atoms with van der Waals surface area (Å²) in [6.07, 6.45) is 1.37. The number of hydrogen-bond acceptors (Lipinski definition) is 7. The van der Waals surface area contributed by atoms with E-state index in [0.717, 1.165) is 21.9 Å². The van der Waals surface area contributed by atoms with Crippen molar-refractivity contribution in [3.05, 3.63) is 98.2 Å². The third-order valence-corrected chi connectivity index (χ3v) is 7.05. The number of nitro benzene ring substituents is 1. The van der Waals surface area contributed by atoms with Crippen molar-refractivity contribution in [1.82, 2.24) is 4.90 Å². The van der Waals surface area contributed by atoms with Crippen molar-refractivity contribution < 1.29 is 23.7 Å². The molecule has 3 aromatic rings. The van der Waals surface area contributed by atoms with Crippen LogP contribution in [0.2, 0.25) is 5.02 Å². The molecule has 0 spiro atoms. The molecule has 3 aromatic carbocycles. The molecule has 8 nitrogen and oxygen atoms in total. The van der Waals surface area contributed by atoms with E-state index in [-0.39, 0.29) is 10.6 Å². The molecule has 0 unspecified atom stereocenters. The second kappa shape index (κ2) is 10.9. The maximum Gasteiger partial charge on any atom is 0.294 e. The Bertz CT molecular complexity index is 1400. The van der Waals surface area contributed by atoms with Crippen LogP contribution in [0.1, 0.15) is 5.56 Å². The number of nitro groups is 1. The molecule has 1 heterocycles. The standard InChI is InChI=1S/C24H15ClFN3O5S2/c25-15-2-8-18(9-3-15)35-20-10-1-14(11-19(20)29(33)34)12-21-23(31)28(24(32)36-21)13-22(30)27-17-6-4-16(26)5-7-17/h1-12H,13H2,(H,27,30)/b21-12-. The Hall–Kier alpha value is -3.67. The highest BCUT2D eigenvalue weighted by atomic mass is 35.5. The first-order valence-corrected chi connectivity index (χ1v) is 12.2. The minimum Gasteiger partial charge on any atom is -0.325 e. The first-order valence-electron chi connectivity index (χ1n) is 10.2. The summed E-state index contributed by atoms with van der Waals surface area (Å²) in [6.45, 7) is -0.532. The Morgan fingerprint density at radius 2 is 1.81 bits per heavy atom. The Balaban J connectivity index is 1.49. The van der Waals surface area contributed by atoms with Gasteiger partial charge in [-0.2, -0.15) is 0 Å². The number of anilines is 1. The molecule has 1 aliphatic heterocycles. The minimum absolute atomic E-state index is 0.0296. The number of rotatable bonds is 7. The van der Waals surface area contributed by atoms with Crippen LogP contribution in [-0.2, 0) is 9.59 Å². The Morgan fingerprint density at radius 1 is 1.11 bits per heavy atom. The fourth-order valence-corrected chi connectivity index (χ4v) is 5.01.